The average Bonchev–Trinajstić information content (AvgIpc) is 3.37. The molecule has 4 rings (SSSR count). The Morgan fingerprint density at radius 2 is 2.23 bits per heavy atom. The smallest absolute Gasteiger partial charge is 0.230 e. The van der Waals surface area contributed by atoms with Crippen molar-refractivity contribution in [2.24, 2.45) is 5.92 Å². The fraction of sp³-hybridized carbons (Fsp3) is 0.500. The van der Waals surface area contributed by atoms with Crippen molar-refractivity contribution in [3.8, 4) is 0 Å². The number of thiazole rings is 1. The van der Waals surface area contributed by atoms with Gasteiger partial charge in [0.25, 0.3) is 0 Å². The quantitative estimate of drug-likeness (QED) is 0.657. The second kappa shape index (κ2) is 9.32. The number of piperidine rings is 1. The van der Waals surface area contributed by atoms with Gasteiger partial charge in [-0.2, -0.15) is 0 Å². The zero-order chi connectivity index (χ0) is 21.1. The van der Waals surface area contributed by atoms with Crippen LogP contribution in [-0.4, -0.2) is 66.2 Å². The third kappa shape index (κ3) is 5.11. The van der Waals surface area contributed by atoms with Crippen molar-refractivity contribution in [2.45, 2.75) is 29.6 Å². The number of anilines is 1. The van der Waals surface area contributed by atoms with Crippen LogP contribution in [-0.2, 0) is 19.1 Å². The van der Waals surface area contributed by atoms with Crippen molar-refractivity contribution in [1.82, 2.24) is 15.2 Å². The lowest BCUT2D eigenvalue weighted by Crippen LogP contribution is -2.39. The van der Waals surface area contributed by atoms with Crippen LogP contribution in [0.4, 0.5) is 5.69 Å². The van der Waals surface area contributed by atoms with Crippen LogP contribution in [0.5, 0.6) is 0 Å². The first kappa shape index (κ1) is 21.1. The minimum absolute atomic E-state index is 0.00506. The van der Waals surface area contributed by atoms with Gasteiger partial charge in [0.2, 0.25) is 17.7 Å². The minimum Gasteiger partial charge on any atom is -0.379 e. The number of hydrogen-bond acceptors (Lipinski definition) is 7. The van der Waals surface area contributed by atoms with E-state index in [1.54, 1.807) is 11.9 Å². The molecule has 2 N–H and O–H groups in total. The molecular weight excluding hydrogens is 424 g/mol. The SMILES string of the molecule is CN1CCC(C(=O)Nc2ccc3nc(SCC(=O)NC4CCOC4)sc3c2)CC1=O. The molecule has 8 nitrogen and oxygen atoms in total. The lowest BCUT2D eigenvalue weighted by molar-refractivity contribution is -0.137. The molecule has 2 atom stereocenters. The van der Waals surface area contributed by atoms with E-state index in [0.717, 1.165) is 21.0 Å². The molecule has 3 heterocycles. The normalized spacial score (nSPS) is 21.8. The minimum atomic E-state index is -0.291. The van der Waals surface area contributed by atoms with E-state index in [9.17, 15) is 14.4 Å². The predicted octanol–water partition coefficient (Wildman–Crippen LogP) is 2.10. The summed E-state index contributed by atoms with van der Waals surface area (Å²) in [6.07, 6.45) is 1.78. The number of likely N-dealkylation sites (tertiary alicyclic amines) is 1. The summed E-state index contributed by atoms with van der Waals surface area (Å²) in [7, 11) is 1.76. The number of fused-ring (bicyclic) bond motifs is 1. The number of amides is 3. The van der Waals surface area contributed by atoms with Crippen molar-refractivity contribution in [3.05, 3.63) is 18.2 Å². The Morgan fingerprint density at radius 3 is 3.00 bits per heavy atom. The van der Waals surface area contributed by atoms with Gasteiger partial charge in [-0.05, 0) is 31.0 Å². The Kier molecular flexibility index (Phi) is 6.55. The van der Waals surface area contributed by atoms with Gasteiger partial charge in [-0.15, -0.1) is 11.3 Å². The molecular formula is C20H24N4O4S2. The number of carbonyl (C=O) groups is 3. The number of benzene rings is 1. The molecule has 0 aliphatic carbocycles. The summed E-state index contributed by atoms with van der Waals surface area (Å²) in [6.45, 7) is 1.88. The number of hydrogen-bond donors (Lipinski definition) is 2. The summed E-state index contributed by atoms with van der Waals surface area (Å²) in [5.74, 6) is -0.117. The number of nitrogens with zero attached hydrogens (tertiary/aromatic N) is 2. The van der Waals surface area contributed by atoms with Gasteiger partial charge in [-0.3, -0.25) is 14.4 Å². The molecule has 160 valence electrons. The van der Waals surface area contributed by atoms with Crippen molar-refractivity contribution in [2.75, 3.05) is 37.9 Å². The molecule has 1 aromatic carbocycles. The van der Waals surface area contributed by atoms with Crippen LogP contribution < -0.4 is 10.6 Å². The van der Waals surface area contributed by atoms with E-state index in [-0.39, 0.29) is 36.1 Å². The van der Waals surface area contributed by atoms with Crippen molar-refractivity contribution in [3.63, 3.8) is 0 Å². The second-order valence-corrected chi connectivity index (χ2v) is 9.83. The molecule has 10 heteroatoms. The van der Waals surface area contributed by atoms with Gasteiger partial charge in [-0.25, -0.2) is 4.98 Å². The van der Waals surface area contributed by atoms with Crippen LogP contribution in [0.2, 0.25) is 0 Å². The van der Waals surface area contributed by atoms with Crippen LogP contribution in [0, 0.1) is 5.92 Å². The van der Waals surface area contributed by atoms with E-state index in [4.69, 9.17) is 4.74 Å². The van der Waals surface area contributed by atoms with E-state index in [1.807, 2.05) is 18.2 Å². The number of ether oxygens (including phenoxy) is 1. The summed E-state index contributed by atoms with van der Waals surface area (Å²) in [5, 5.41) is 5.89. The van der Waals surface area contributed by atoms with E-state index >= 15 is 0 Å². The summed E-state index contributed by atoms with van der Waals surface area (Å²) >= 11 is 2.90. The van der Waals surface area contributed by atoms with Crippen molar-refractivity contribution >= 4 is 56.7 Å². The fourth-order valence-corrected chi connectivity index (χ4v) is 5.42. The van der Waals surface area contributed by atoms with Crippen molar-refractivity contribution in [1.29, 1.82) is 0 Å². The Morgan fingerprint density at radius 1 is 1.37 bits per heavy atom. The lowest BCUT2D eigenvalue weighted by Gasteiger charge is -2.27. The van der Waals surface area contributed by atoms with Crippen LogP contribution in [0.15, 0.2) is 22.5 Å². The molecule has 0 radical (unpaired) electrons. The van der Waals surface area contributed by atoms with E-state index in [2.05, 4.69) is 15.6 Å². The average molecular weight is 449 g/mol. The lowest BCUT2D eigenvalue weighted by atomic mass is 9.95. The fourth-order valence-electron chi connectivity index (χ4n) is 3.50. The van der Waals surface area contributed by atoms with Crippen molar-refractivity contribution < 1.29 is 19.1 Å². The standard InChI is InChI=1S/C20H24N4O4S2/c1-24-6-4-12(8-18(24)26)19(27)22-13-2-3-15-16(9-13)30-20(23-15)29-11-17(25)21-14-5-7-28-10-14/h2-3,9,12,14H,4-8,10-11H2,1H3,(H,21,25)(H,22,27). The van der Waals surface area contributed by atoms with Gasteiger partial charge in [0.05, 0.1) is 28.6 Å². The van der Waals surface area contributed by atoms with E-state index in [1.165, 1.54) is 23.1 Å². The summed E-state index contributed by atoms with van der Waals surface area (Å²) in [6, 6.07) is 5.68. The third-order valence-electron chi connectivity index (χ3n) is 5.29. The first-order valence-electron chi connectivity index (χ1n) is 9.93. The summed E-state index contributed by atoms with van der Waals surface area (Å²) in [4.78, 5) is 42.7. The molecule has 2 aliphatic heterocycles. The van der Waals surface area contributed by atoms with Gasteiger partial charge in [-0.1, -0.05) is 11.8 Å². The van der Waals surface area contributed by atoms with Crippen LogP contribution in [0.3, 0.4) is 0 Å². The van der Waals surface area contributed by atoms with Gasteiger partial charge < -0.3 is 20.3 Å². The van der Waals surface area contributed by atoms with Crippen LogP contribution in [0.25, 0.3) is 10.2 Å². The Balaban J connectivity index is 1.33. The molecule has 2 aliphatic rings. The number of carbonyl (C=O) groups excluding carboxylic acids is 3. The first-order valence-corrected chi connectivity index (χ1v) is 11.7. The highest BCUT2D eigenvalue weighted by atomic mass is 32.2. The number of rotatable bonds is 6. The van der Waals surface area contributed by atoms with Crippen LogP contribution >= 0.6 is 23.1 Å². The molecule has 2 fully saturated rings. The second-order valence-electron chi connectivity index (χ2n) is 7.57. The molecule has 30 heavy (non-hydrogen) atoms. The molecule has 3 amide bonds. The zero-order valence-electron chi connectivity index (χ0n) is 16.7. The maximum Gasteiger partial charge on any atom is 0.230 e. The highest BCUT2D eigenvalue weighted by molar-refractivity contribution is 8.01. The number of nitrogens with one attached hydrogen (secondary N) is 2. The van der Waals surface area contributed by atoms with Crippen LogP contribution in [0.1, 0.15) is 19.3 Å². The molecule has 0 saturated carbocycles. The molecule has 0 spiro atoms. The maximum atomic E-state index is 12.5. The topological polar surface area (TPSA) is 101 Å². The van der Waals surface area contributed by atoms with Gasteiger partial charge in [0.15, 0.2) is 4.34 Å². The first-order chi connectivity index (χ1) is 14.5. The zero-order valence-corrected chi connectivity index (χ0v) is 18.3. The Bertz CT molecular complexity index is 957. The third-order valence-corrected chi connectivity index (χ3v) is 7.45. The summed E-state index contributed by atoms with van der Waals surface area (Å²) in [5.41, 5.74) is 1.53. The predicted molar refractivity (Wildman–Crippen MR) is 117 cm³/mol. The Hall–Kier alpha value is -2.17. The highest BCUT2D eigenvalue weighted by Gasteiger charge is 2.28. The highest BCUT2D eigenvalue weighted by Crippen LogP contribution is 2.31. The number of thioether (sulfide) groups is 1. The monoisotopic (exact) mass is 448 g/mol. The molecule has 2 unspecified atom stereocenters. The summed E-state index contributed by atoms with van der Waals surface area (Å²) < 4.78 is 7.02. The molecule has 2 saturated heterocycles. The maximum absolute atomic E-state index is 12.5. The van der Waals surface area contributed by atoms with Gasteiger partial charge in [0, 0.05) is 38.2 Å². The Labute approximate surface area is 182 Å². The van der Waals surface area contributed by atoms with Gasteiger partial charge >= 0.3 is 0 Å². The molecule has 0 bridgehead atoms. The van der Waals surface area contributed by atoms with E-state index < -0.39 is 0 Å². The molecule has 1 aromatic heterocycles. The molecule has 2 aromatic rings. The largest absolute Gasteiger partial charge is 0.379 e. The van der Waals surface area contributed by atoms with E-state index in [0.29, 0.717) is 37.6 Å². The number of aromatic nitrogens is 1. The van der Waals surface area contributed by atoms with Gasteiger partial charge in [0.1, 0.15) is 0 Å².